The van der Waals surface area contributed by atoms with Crippen LogP contribution in [0, 0.1) is 5.92 Å². The molecule has 5 heteroatoms. The highest BCUT2D eigenvalue weighted by molar-refractivity contribution is 9.09. The summed E-state index contributed by atoms with van der Waals surface area (Å²) in [6, 6.07) is 6.71. The third-order valence-electron chi connectivity index (χ3n) is 3.02. The minimum Gasteiger partial charge on any atom is -0.298 e. The number of hydrogen-bond donors (Lipinski definition) is 0. The van der Waals surface area contributed by atoms with E-state index in [9.17, 15) is 14.4 Å². The summed E-state index contributed by atoms with van der Waals surface area (Å²) >= 11 is 3.09. The molecule has 1 aliphatic rings. The van der Waals surface area contributed by atoms with Crippen LogP contribution in [-0.2, 0) is 4.79 Å². The van der Waals surface area contributed by atoms with Crippen molar-refractivity contribution in [2.75, 3.05) is 11.9 Å². The van der Waals surface area contributed by atoms with Crippen LogP contribution in [0.1, 0.15) is 27.6 Å². The van der Waals surface area contributed by atoms with Crippen LogP contribution in [0.5, 0.6) is 0 Å². The van der Waals surface area contributed by atoms with Crippen molar-refractivity contribution >= 4 is 33.5 Å². The molecular weight excluding hydrogens is 298 g/mol. The molecule has 0 radical (unpaired) electrons. The average Bonchev–Trinajstić information content (AvgIpc) is 2.63. The predicted molar refractivity (Wildman–Crippen MR) is 69.8 cm³/mol. The van der Waals surface area contributed by atoms with E-state index in [0.717, 1.165) is 4.90 Å². The van der Waals surface area contributed by atoms with Crippen molar-refractivity contribution in [1.29, 1.82) is 0 Å². The zero-order valence-corrected chi connectivity index (χ0v) is 11.4. The van der Waals surface area contributed by atoms with Crippen LogP contribution in [0.15, 0.2) is 24.3 Å². The van der Waals surface area contributed by atoms with Crippen molar-refractivity contribution in [3.8, 4) is 0 Å². The molecule has 0 fully saturated rings. The van der Waals surface area contributed by atoms with Crippen LogP contribution >= 0.6 is 15.9 Å². The standard InChI is InChI=1S/C13H12BrNO3/c1-8(11(16)6-14)7-15-12(17)9-4-2-3-5-10(9)13(15)18/h2-5,8H,6-7H2,1H3/t8-/m0/s1. The van der Waals surface area contributed by atoms with Crippen molar-refractivity contribution in [3.05, 3.63) is 35.4 Å². The number of amides is 2. The molecule has 1 heterocycles. The fourth-order valence-electron chi connectivity index (χ4n) is 1.91. The van der Waals surface area contributed by atoms with Crippen LogP contribution in [0.25, 0.3) is 0 Å². The number of carbonyl (C=O) groups excluding carboxylic acids is 3. The Morgan fingerprint density at radius 1 is 1.22 bits per heavy atom. The third kappa shape index (κ3) is 2.10. The number of carbonyl (C=O) groups is 3. The molecule has 0 unspecified atom stereocenters. The summed E-state index contributed by atoms with van der Waals surface area (Å²) in [5, 5.41) is 0.233. The lowest BCUT2D eigenvalue weighted by Gasteiger charge is -2.17. The minimum absolute atomic E-state index is 0.0217. The largest absolute Gasteiger partial charge is 0.298 e. The number of hydrogen-bond acceptors (Lipinski definition) is 3. The van der Waals surface area contributed by atoms with Gasteiger partial charge in [-0.2, -0.15) is 0 Å². The van der Waals surface area contributed by atoms with Crippen molar-refractivity contribution in [3.63, 3.8) is 0 Å². The maximum Gasteiger partial charge on any atom is 0.261 e. The molecule has 0 bridgehead atoms. The quantitative estimate of drug-likeness (QED) is 0.630. The van der Waals surface area contributed by atoms with E-state index in [-0.39, 0.29) is 35.4 Å². The van der Waals surface area contributed by atoms with Crippen LogP contribution in [0.2, 0.25) is 0 Å². The lowest BCUT2D eigenvalue weighted by molar-refractivity contribution is -0.119. The van der Waals surface area contributed by atoms with E-state index in [1.165, 1.54) is 0 Å². The highest BCUT2D eigenvalue weighted by Crippen LogP contribution is 2.23. The molecule has 1 aromatic rings. The fraction of sp³-hybridized carbons (Fsp3) is 0.308. The number of imide groups is 1. The SMILES string of the molecule is C[C@@H](CN1C(=O)c2ccccc2C1=O)C(=O)CBr. The summed E-state index contributed by atoms with van der Waals surface area (Å²) in [6.45, 7) is 1.85. The smallest absolute Gasteiger partial charge is 0.261 e. The number of rotatable bonds is 4. The van der Waals surface area contributed by atoms with Gasteiger partial charge in [0.25, 0.3) is 11.8 Å². The number of fused-ring (bicyclic) bond motifs is 1. The van der Waals surface area contributed by atoms with Crippen LogP contribution in [0.4, 0.5) is 0 Å². The van der Waals surface area contributed by atoms with Gasteiger partial charge < -0.3 is 0 Å². The molecule has 1 aliphatic heterocycles. The van der Waals surface area contributed by atoms with E-state index in [0.29, 0.717) is 11.1 Å². The topological polar surface area (TPSA) is 54.5 Å². The molecule has 0 saturated heterocycles. The monoisotopic (exact) mass is 309 g/mol. The maximum absolute atomic E-state index is 12.0. The van der Waals surface area contributed by atoms with Gasteiger partial charge in [-0.25, -0.2) is 0 Å². The molecular formula is C13H12BrNO3. The highest BCUT2D eigenvalue weighted by Gasteiger charge is 2.36. The number of Topliss-reactive ketones (excluding diaryl/α,β-unsaturated/α-hetero) is 1. The number of halogens is 1. The molecule has 2 rings (SSSR count). The van der Waals surface area contributed by atoms with E-state index >= 15 is 0 Å². The molecule has 4 nitrogen and oxygen atoms in total. The Morgan fingerprint density at radius 2 is 1.72 bits per heavy atom. The van der Waals surface area contributed by atoms with E-state index in [4.69, 9.17) is 0 Å². The van der Waals surface area contributed by atoms with E-state index < -0.39 is 0 Å². The van der Waals surface area contributed by atoms with Crippen LogP contribution in [-0.4, -0.2) is 34.4 Å². The van der Waals surface area contributed by atoms with Crippen LogP contribution in [0.3, 0.4) is 0 Å². The maximum atomic E-state index is 12.0. The predicted octanol–water partition coefficient (Wildman–Crippen LogP) is 1.88. The number of alkyl halides is 1. The van der Waals surface area contributed by atoms with Gasteiger partial charge in [0, 0.05) is 12.5 Å². The van der Waals surface area contributed by atoms with Gasteiger partial charge >= 0.3 is 0 Å². The molecule has 0 aliphatic carbocycles. The van der Waals surface area contributed by atoms with Gasteiger partial charge in [-0.05, 0) is 12.1 Å². The number of benzene rings is 1. The molecule has 1 atom stereocenters. The summed E-state index contributed by atoms with van der Waals surface area (Å²) in [4.78, 5) is 36.7. The summed E-state index contributed by atoms with van der Waals surface area (Å²) in [6.07, 6.45) is 0. The molecule has 1 aromatic carbocycles. The van der Waals surface area contributed by atoms with Crippen molar-refractivity contribution in [2.24, 2.45) is 5.92 Å². The molecule has 0 saturated carbocycles. The Kier molecular flexibility index (Phi) is 3.61. The Labute approximate surface area is 113 Å². The van der Waals surface area contributed by atoms with Crippen molar-refractivity contribution in [2.45, 2.75) is 6.92 Å². The van der Waals surface area contributed by atoms with Gasteiger partial charge in [-0.15, -0.1) is 0 Å². The molecule has 94 valence electrons. The Hall–Kier alpha value is -1.49. The van der Waals surface area contributed by atoms with E-state index in [1.54, 1.807) is 31.2 Å². The summed E-state index contributed by atoms with van der Waals surface area (Å²) in [5.74, 6) is -1.01. The first-order chi connectivity index (χ1) is 8.56. The first-order valence-corrected chi connectivity index (χ1v) is 6.72. The second kappa shape index (κ2) is 5.02. The van der Waals surface area contributed by atoms with Gasteiger partial charge in [-0.1, -0.05) is 35.0 Å². The van der Waals surface area contributed by atoms with E-state index in [1.807, 2.05) is 0 Å². The number of nitrogens with zero attached hydrogens (tertiary/aromatic N) is 1. The highest BCUT2D eigenvalue weighted by atomic mass is 79.9. The zero-order valence-electron chi connectivity index (χ0n) is 9.85. The van der Waals surface area contributed by atoms with E-state index in [2.05, 4.69) is 15.9 Å². The zero-order chi connectivity index (χ0) is 13.3. The Morgan fingerprint density at radius 3 is 2.17 bits per heavy atom. The Balaban J connectivity index is 2.21. The third-order valence-corrected chi connectivity index (χ3v) is 3.57. The normalized spacial score (nSPS) is 15.8. The average molecular weight is 310 g/mol. The lowest BCUT2D eigenvalue weighted by atomic mass is 10.1. The lowest BCUT2D eigenvalue weighted by Crippen LogP contribution is -2.36. The number of ketones is 1. The van der Waals surface area contributed by atoms with Gasteiger partial charge in [0.05, 0.1) is 16.5 Å². The summed E-state index contributed by atoms with van der Waals surface area (Å²) < 4.78 is 0. The molecule has 18 heavy (non-hydrogen) atoms. The first kappa shape index (κ1) is 13.0. The van der Waals surface area contributed by atoms with Gasteiger partial charge in [0.1, 0.15) is 5.78 Å². The van der Waals surface area contributed by atoms with Gasteiger partial charge in [-0.3, -0.25) is 19.3 Å². The van der Waals surface area contributed by atoms with Crippen molar-refractivity contribution < 1.29 is 14.4 Å². The second-order valence-electron chi connectivity index (χ2n) is 4.27. The Bertz CT molecular complexity index is 492. The van der Waals surface area contributed by atoms with Crippen LogP contribution < -0.4 is 0 Å². The van der Waals surface area contributed by atoms with Crippen molar-refractivity contribution in [1.82, 2.24) is 4.90 Å². The molecule has 0 aromatic heterocycles. The minimum atomic E-state index is -0.355. The second-order valence-corrected chi connectivity index (χ2v) is 4.83. The molecule has 0 spiro atoms. The molecule has 0 N–H and O–H groups in total. The fourth-order valence-corrected chi connectivity index (χ4v) is 2.46. The molecule has 2 amide bonds. The first-order valence-electron chi connectivity index (χ1n) is 5.60. The summed E-state index contributed by atoms with van der Waals surface area (Å²) in [5.41, 5.74) is 0.835. The van der Waals surface area contributed by atoms with Gasteiger partial charge in [0.2, 0.25) is 0 Å². The summed E-state index contributed by atoms with van der Waals surface area (Å²) in [7, 11) is 0. The van der Waals surface area contributed by atoms with Gasteiger partial charge in [0.15, 0.2) is 0 Å².